The Balaban J connectivity index is 3.08. The van der Waals surface area contributed by atoms with Crippen molar-refractivity contribution >= 4 is 15.9 Å². The Morgan fingerprint density at radius 1 is 1.58 bits per heavy atom. The number of halogens is 2. The summed E-state index contributed by atoms with van der Waals surface area (Å²) in [4.78, 5) is 0. The summed E-state index contributed by atoms with van der Waals surface area (Å²) in [7, 11) is 0. The van der Waals surface area contributed by atoms with E-state index in [-0.39, 0.29) is 12.4 Å². The van der Waals surface area contributed by atoms with Gasteiger partial charge in [0.05, 0.1) is 0 Å². The first-order valence-corrected chi connectivity index (χ1v) is 4.26. The first-order valence-electron chi connectivity index (χ1n) is 3.47. The van der Waals surface area contributed by atoms with Crippen LogP contribution in [0.15, 0.2) is 16.6 Å². The fourth-order valence-corrected chi connectivity index (χ4v) is 1.25. The van der Waals surface area contributed by atoms with Crippen molar-refractivity contribution < 1.29 is 9.60 Å². The third-order valence-electron chi connectivity index (χ3n) is 1.67. The van der Waals surface area contributed by atoms with Crippen LogP contribution < -0.4 is 5.48 Å². The second-order valence-corrected chi connectivity index (χ2v) is 3.33. The van der Waals surface area contributed by atoms with E-state index in [1.807, 2.05) is 5.48 Å². The van der Waals surface area contributed by atoms with E-state index in [1.165, 1.54) is 0 Å². The highest BCUT2D eigenvalue weighted by Crippen LogP contribution is 2.21. The summed E-state index contributed by atoms with van der Waals surface area (Å²) in [5.41, 5.74) is 2.93. The highest BCUT2D eigenvalue weighted by atomic mass is 79.9. The van der Waals surface area contributed by atoms with Crippen molar-refractivity contribution in [2.75, 3.05) is 0 Å². The topological polar surface area (TPSA) is 32.3 Å². The summed E-state index contributed by atoms with van der Waals surface area (Å²) in [5, 5.41) is 8.38. The summed E-state index contributed by atoms with van der Waals surface area (Å²) in [6, 6.07) is 3.38. The Morgan fingerprint density at radius 2 is 2.25 bits per heavy atom. The van der Waals surface area contributed by atoms with E-state index in [9.17, 15) is 4.39 Å². The standard InChI is InChI=1S/C8H9BrFNO/c1-5-7(9)3-2-6(4-11-12)8(5)10/h2-3,11-12H,4H2,1H3. The van der Waals surface area contributed by atoms with Gasteiger partial charge in [0.15, 0.2) is 0 Å². The van der Waals surface area contributed by atoms with Gasteiger partial charge in [-0.15, -0.1) is 0 Å². The minimum atomic E-state index is -0.286. The molecular weight excluding hydrogens is 225 g/mol. The van der Waals surface area contributed by atoms with Gasteiger partial charge >= 0.3 is 0 Å². The number of hydrogen-bond acceptors (Lipinski definition) is 2. The minimum Gasteiger partial charge on any atom is -0.316 e. The van der Waals surface area contributed by atoms with Crippen molar-refractivity contribution in [3.05, 3.63) is 33.5 Å². The second-order valence-electron chi connectivity index (χ2n) is 2.48. The first-order chi connectivity index (χ1) is 5.66. The van der Waals surface area contributed by atoms with Gasteiger partial charge in [-0.3, -0.25) is 0 Å². The van der Waals surface area contributed by atoms with E-state index in [4.69, 9.17) is 5.21 Å². The monoisotopic (exact) mass is 233 g/mol. The predicted molar refractivity (Wildman–Crippen MR) is 47.5 cm³/mol. The molecule has 0 aliphatic rings. The van der Waals surface area contributed by atoms with Crippen LogP contribution in [0.4, 0.5) is 4.39 Å². The fourth-order valence-electron chi connectivity index (χ4n) is 0.939. The molecule has 0 fully saturated rings. The van der Waals surface area contributed by atoms with Gasteiger partial charge in [0.1, 0.15) is 5.82 Å². The molecule has 2 N–H and O–H groups in total. The molecule has 0 aliphatic heterocycles. The molecule has 1 aromatic carbocycles. The van der Waals surface area contributed by atoms with Crippen LogP contribution in [-0.2, 0) is 6.54 Å². The molecule has 0 heterocycles. The molecule has 0 unspecified atom stereocenters. The van der Waals surface area contributed by atoms with Gasteiger partial charge < -0.3 is 5.21 Å². The third kappa shape index (κ3) is 1.83. The highest BCUT2D eigenvalue weighted by Gasteiger charge is 2.06. The maximum atomic E-state index is 13.3. The van der Waals surface area contributed by atoms with Crippen molar-refractivity contribution in [1.82, 2.24) is 5.48 Å². The van der Waals surface area contributed by atoms with Gasteiger partial charge in [-0.05, 0) is 18.6 Å². The Bertz CT molecular complexity index is 291. The Kier molecular flexibility index (Phi) is 3.20. The molecule has 0 bridgehead atoms. The predicted octanol–water partition coefficient (Wildman–Crippen LogP) is 2.38. The number of rotatable bonds is 2. The summed E-state index contributed by atoms with van der Waals surface area (Å²) in [5.74, 6) is -0.286. The quantitative estimate of drug-likeness (QED) is 0.770. The maximum absolute atomic E-state index is 13.3. The highest BCUT2D eigenvalue weighted by molar-refractivity contribution is 9.10. The van der Waals surface area contributed by atoms with Gasteiger partial charge in [-0.2, -0.15) is 0 Å². The van der Waals surface area contributed by atoms with Crippen molar-refractivity contribution in [3.63, 3.8) is 0 Å². The van der Waals surface area contributed by atoms with Crippen LogP contribution in [0.5, 0.6) is 0 Å². The SMILES string of the molecule is Cc1c(Br)ccc(CNO)c1F. The number of hydroxylamine groups is 1. The van der Waals surface area contributed by atoms with Crippen molar-refractivity contribution in [3.8, 4) is 0 Å². The lowest BCUT2D eigenvalue weighted by Crippen LogP contribution is -2.08. The lowest BCUT2D eigenvalue weighted by molar-refractivity contribution is 0.160. The summed E-state index contributed by atoms with van der Waals surface area (Å²) in [6.45, 7) is 1.81. The molecule has 0 aliphatic carbocycles. The largest absolute Gasteiger partial charge is 0.316 e. The second kappa shape index (κ2) is 3.98. The molecule has 0 spiro atoms. The molecule has 0 radical (unpaired) electrons. The normalized spacial score (nSPS) is 10.3. The summed E-state index contributed by atoms with van der Waals surface area (Å²) < 4.78 is 14.0. The molecule has 0 atom stereocenters. The average Bonchev–Trinajstić information content (AvgIpc) is 2.07. The Morgan fingerprint density at radius 3 is 2.83 bits per heavy atom. The first kappa shape index (κ1) is 9.64. The van der Waals surface area contributed by atoms with Gasteiger partial charge in [0.25, 0.3) is 0 Å². The molecule has 1 aromatic rings. The molecule has 12 heavy (non-hydrogen) atoms. The van der Waals surface area contributed by atoms with E-state index in [0.29, 0.717) is 11.1 Å². The van der Waals surface area contributed by atoms with E-state index in [0.717, 1.165) is 4.47 Å². The van der Waals surface area contributed by atoms with Gasteiger partial charge in [0.2, 0.25) is 0 Å². The molecule has 0 aromatic heterocycles. The molecule has 4 heteroatoms. The lowest BCUT2D eigenvalue weighted by Gasteiger charge is -2.05. The molecule has 66 valence electrons. The molecule has 0 saturated carbocycles. The fraction of sp³-hybridized carbons (Fsp3) is 0.250. The van der Waals surface area contributed by atoms with Crippen LogP contribution in [-0.4, -0.2) is 5.21 Å². The van der Waals surface area contributed by atoms with Gasteiger partial charge in [-0.25, -0.2) is 9.87 Å². The molecule has 2 nitrogen and oxygen atoms in total. The van der Waals surface area contributed by atoms with Crippen molar-refractivity contribution in [1.29, 1.82) is 0 Å². The summed E-state index contributed by atoms with van der Waals surface area (Å²) >= 11 is 3.21. The van der Waals surface area contributed by atoms with Crippen LogP contribution in [0.2, 0.25) is 0 Å². The van der Waals surface area contributed by atoms with Crippen LogP contribution in [0, 0.1) is 12.7 Å². The van der Waals surface area contributed by atoms with Crippen molar-refractivity contribution in [2.24, 2.45) is 0 Å². The molecule has 0 saturated heterocycles. The molecule has 1 rings (SSSR count). The van der Waals surface area contributed by atoms with Crippen LogP contribution in [0.25, 0.3) is 0 Å². The Hall–Kier alpha value is -0.450. The van der Waals surface area contributed by atoms with E-state index in [2.05, 4.69) is 15.9 Å². The maximum Gasteiger partial charge on any atom is 0.131 e. The third-order valence-corrected chi connectivity index (χ3v) is 2.53. The van der Waals surface area contributed by atoms with E-state index < -0.39 is 0 Å². The zero-order chi connectivity index (χ0) is 9.14. The Labute approximate surface area is 78.5 Å². The van der Waals surface area contributed by atoms with Crippen LogP contribution in [0.1, 0.15) is 11.1 Å². The smallest absolute Gasteiger partial charge is 0.131 e. The minimum absolute atomic E-state index is 0.125. The van der Waals surface area contributed by atoms with Gasteiger partial charge in [0, 0.05) is 16.6 Å². The van der Waals surface area contributed by atoms with Crippen LogP contribution in [0.3, 0.4) is 0 Å². The van der Waals surface area contributed by atoms with E-state index in [1.54, 1.807) is 19.1 Å². The van der Waals surface area contributed by atoms with Gasteiger partial charge in [-0.1, -0.05) is 22.0 Å². The van der Waals surface area contributed by atoms with Crippen molar-refractivity contribution in [2.45, 2.75) is 13.5 Å². The van der Waals surface area contributed by atoms with Crippen LogP contribution >= 0.6 is 15.9 Å². The number of nitrogens with one attached hydrogen (secondary N) is 1. The lowest BCUT2D eigenvalue weighted by atomic mass is 10.1. The van der Waals surface area contributed by atoms with E-state index >= 15 is 0 Å². The number of hydrogen-bond donors (Lipinski definition) is 2. The molecular formula is C8H9BrFNO. The molecule has 0 amide bonds. The zero-order valence-corrected chi connectivity index (χ0v) is 8.15. The summed E-state index contributed by atoms with van der Waals surface area (Å²) in [6.07, 6.45) is 0. The number of benzene rings is 1. The average molecular weight is 234 g/mol. The zero-order valence-electron chi connectivity index (χ0n) is 6.56.